The number of unbranched alkanes of at least 4 members (excludes halogenated alkanes) is 3. The largest absolute Gasteiger partial charge is 0.383 e. The van der Waals surface area contributed by atoms with Gasteiger partial charge in [-0.1, -0.05) is 32.6 Å². The van der Waals surface area contributed by atoms with Crippen LogP contribution in [0.25, 0.3) is 0 Å². The Morgan fingerprint density at radius 3 is 2.59 bits per heavy atom. The number of likely N-dealkylation sites (N-methyl/N-ethyl adjacent to an activating group) is 1. The van der Waals surface area contributed by atoms with Gasteiger partial charge < -0.3 is 20.3 Å². The topological polar surface area (TPSA) is 48.9 Å². The van der Waals surface area contributed by atoms with Gasteiger partial charge in [0.15, 0.2) is 5.96 Å². The van der Waals surface area contributed by atoms with Crippen LogP contribution >= 0.6 is 0 Å². The van der Waals surface area contributed by atoms with E-state index in [1.54, 1.807) is 7.11 Å². The van der Waals surface area contributed by atoms with E-state index in [1.165, 1.54) is 32.1 Å². The summed E-state index contributed by atoms with van der Waals surface area (Å²) in [5.74, 6) is 0.919. The number of ether oxygens (including phenoxy) is 1. The minimum Gasteiger partial charge on any atom is -0.383 e. The van der Waals surface area contributed by atoms with E-state index in [4.69, 9.17) is 4.74 Å². The number of aliphatic imine (C=N–C) groups is 1. The van der Waals surface area contributed by atoms with E-state index in [0.29, 0.717) is 6.04 Å². The summed E-state index contributed by atoms with van der Waals surface area (Å²) in [5.41, 5.74) is 0. The number of nitrogens with zero attached hydrogens (tertiary/aromatic N) is 2. The third kappa shape index (κ3) is 12.9. The highest BCUT2D eigenvalue weighted by atomic mass is 16.5. The van der Waals surface area contributed by atoms with Crippen molar-refractivity contribution in [3.8, 4) is 0 Å². The number of rotatable bonds is 13. The molecular formula is C17H38N4O. The summed E-state index contributed by atoms with van der Waals surface area (Å²) in [4.78, 5) is 6.59. The highest BCUT2D eigenvalue weighted by molar-refractivity contribution is 5.79. The molecule has 5 heteroatoms. The second-order valence-corrected chi connectivity index (χ2v) is 6.04. The molecule has 0 aromatic rings. The first-order valence-electron chi connectivity index (χ1n) is 8.78. The summed E-state index contributed by atoms with van der Waals surface area (Å²) >= 11 is 0. The van der Waals surface area contributed by atoms with Crippen molar-refractivity contribution in [1.82, 2.24) is 15.5 Å². The molecule has 1 atom stereocenters. The van der Waals surface area contributed by atoms with Gasteiger partial charge in [-0.3, -0.25) is 4.99 Å². The lowest BCUT2D eigenvalue weighted by Gasteiger charge is -2.19. The Balaban J connectivity index is 3.70. The van der Waals surface area contributed by atoms with Gasteiger partial charge in [-0.05, 0) is 33.4 Å². The van der Waals surface area contributed by atoms with Gasteiger partial charge >= 0.3 is 0 Å². The summed E-state index contributed by atoms with van der Waals surface area (Å²) < 4.78 is 5.08. The van der Waals surface area contributed by atoms with Crippen LogP contribution in [0.1, 0.15) is 52.4 Å². The van der Waals surface area contributed by atoms with Crippen molar-refractivity contribution in [2.45, 2.75) is 58.4 Å². The van der Waals surface area contributed by atoms with Crippen LogP contribution in [0.15, 0.2) is 4.99 Å². The molecule has 0 aromatic heterocycles. The van der Waals surface area contributed by atoms with Crippen molar-refractivity contribution in [3.05, 3.63) is 0 Å². The molecule has 0 amide bonds. The molecule has 0 spiro atoms. The van der Waals surface area contributed by atoms with Gasteiger partial charge in [-0.25, -0.2) is 0 Å². The molecule has 0 rings (SSSR count). The molecule has 22 heavy (non-hydrogen) atoms. The smallest absolute Gasteiger partial charge is 0.191 e. The Morgan fingerprint density at radius 2 is 1.95 bits per heavy atom. The summed E-state index contributed by atoms with van der Waals surface area (Å²) in [7, 11) is 5.71. The van der Waals surface area contributed by atoms with E-state index in [2.05, 4.69) is 41.4 Å². The van der Waals surface area contributed by atoms with Crippen LogP contribution in [0.3, 0.4) is 0 Å². The second-order valence-electron chi connectivity index (χ2n) is 6.04. The van der Waals surface area contributed by atoms with Gasteiger partial charge in [0.1, 0.15) is 0 Å². The molecule has 0 aliphatic rings. The third-order valence-electron chi connectivity index (χ3n) is 3.78. The SMILES string of the molecule is CCCCCCC(C)NC(=NC)NCCCN(C)CCOC. The Bertz CT molecular complexity index is 271. The molecule has 0 aliphatic heterocycles. The summed E-state index contributed by atoms with van der Waals surface area (Å²) in [6.07, 6.45) is 7.58. The molecule has 0 saturated heterocycles. The number of guanidine groups is 1. The molecule has 0 saturated carbocycles. The van der Waals surface area contributed by atoms with Crippen LogP contribution in [-0.4, -0.2) is 64.3 Å². The molecule has 0 aromatic carbocycles. The van der Waals surface area contributed by atoms with E-state index in [1.807, 2.05) is 7.05 Å². The van der Waals surface area contributed by atoms with Crippen molar-refractivity contribution in [1.29, 1.82) is 0 Å². The van der Waals surface area contributed by atoms with Crippen LogP contribution in [-0.2, 0) is 4.74 Å². The first kappa shape index (κ1) is 21.2. The molecule has 0 aliphatic carbocycles. The molecule has 0 fully saturated rings. The lowest BCUT2D eigenvalue weighted by Crippen LogP contribution is -2.43. The number of methoxy groups -OCH3 is 1. The van der Waals surface area contributed by atoms with Gasteiger partial charge in [0.05, 0.1) is 6.61 Å². The van der Waals surface area contributed by atoms with E-state index in [0.717, 1.165) is 38.6 Å². The molecule has 132 valence electrons. The second kappa shape index (κ2) is 15.1. The average Bonchev–Trinajstić information content (AvgIpc) is 2.52. The van der Waals surface area contributed by atoms with Crippen molar-refractivity contribution in [3.63, 3.8) is 0 Å². The summed E-state index contributed by atoms with van der Waals surface area (Å²) in [6.45, 7) is 8.28. The van der Waals surface area contributed by atoms with Gasteiger partial charge in [0.25, 0.3) is 0 Å². The Morgan fingerprint density at radius 1 is 1.18 bits per heavy atom. The maximum absolute atomic E-state index is 5.08. The van der Waals surface area contributed by atoms with Gasteiger partial charge in [-0.15, -0.1) is 0 Å². The Kier molecular flexibility index (Phi) is 14.5. The molecule has 0 bridgehead atoms. The van der Waals surface area contributed by atoms with Crippen molar-refractivity contribution >= 4 is 5.96 Å². The van der Waals surface area contributed by atoms with Crippen LogP contribution in [0.2, 0.25) is 0 Å². The molecule has 2 N–H and O–H groups in total. The fourth-order valence-corrected chi connectivity index (χ4v) is 2.29. The fraction of sp³-hybridized carbons (Fsp3) is 0.941. The molecule has 0 radical (unpaired) electrons. The Hall–Kier alpha value is -0.810. The minimum absolute atomic E-state index is 0.479. The minimum atomic E-state index is 0.479. The molecular weight excluding hydrogens is 276 g/mol. The van der Waals surface area contributed by atoms with Crippen molar-refractivity contribution in [2.24, 2.45) is 4.99 Å². The average molecular weight is 315 g/mol. The third-order valence-corrected chi connectivity index (χ3v) is 3.78. The molecule has 5 nitrogen and oxygen atoms in total. The first-order valence-corrected chi connectivity index (χ1v) is 8.78. The lowest BCUT2D eigenvalue weighted by molar-refractivity contribution is 0.161. The van der Waals surface area contributed by atoms with Crippen molar-refractivity contribution < 1.29 is 4.74 Å². The zero-order valence-corrected chi connectivity index (χ0v) is 15.5. The highest BCUT2D eigenvalue weighted by Crippen LogP contribution is 2.05. The molecule has 0 heterocycles. The van der Waals surface area contributed by atoms with E-state index < -0.39 is 0 Å². The fourth-order valence-electron chi connectivity index (χ4n) is 2.29. The highest BCUT2D eigenvalue weighted by Gasteiger charge is 2.05. The zero-order chi connectivity index (χ0) is 16.6. The van der Waals surface area contributed by atoms with Gasteiger partial charge in [-0.2, -0.15) is 0 Å². The monoisotopic (exact) mass is 314 g/mol. The number of hydrogen-bond donors (Lipinski definition) is 2. The first-order chi connectivity index (χ1) is 10.6. The zero-order valence-electron chi connectivity index (χ0n) is 15.5. The van der Waals surface area contributed by atoms with Crippen LogP contribution in [0.5, 0.6) is 0 Å². The molecule has 1 unspecified atom stereocenters. The standard InChI is InChI=1S/C17H38N4O/c1-6-7-8-9-11-16(2)20-17(18-3)19-12-10-13-21(4)14-15-22-5/h16H,6-15H2,1-5H3,(H2,18,19,20). The summed E-state index contributed by atoms with van der Waals surface area (Å²) in [5, 5.41) is 6.87. The maximum atomic E-state index is 5.08. The normalized spacial score (nSPS) is 13.5. The van der Waals surface area contributed by atoms with E-state index in [-0.39, 0.29) is 0 Å². The van der Waals surface area contributed by atoms with Crippen LogP contribution < -0.4 is 10.6 Å². The van der Waals surface area contributed by atoms with E-state index in [9.17, 15) is 0 Å². The van der Waals surface area contributed by atoms with Crippen LogP contribution in [0.4, 0.5) is 0 Å². The Labute approximate surface area is 137 Å². The van der Waals surface area contributed by atoms with Crippen LogP contribution in [0, 0.1) is 0 Å². The van der Waals surface area contributed by atoms with Crippen molar-refractivity contribution in [2.75, 3.05) is 47.4 Å². The number of hydrogen-bond acceptors (Lipinski definition) is 3. The quantitative estimate of drug-likeness (QED) is 0.311. The van der Waals surface area contributed by atoms with E-state index >= 15 is 0 Å². The summed E-state index contributed by atoms with van der Waals surface area (Å²) in [6, 6.07) is 0.479. The lowest BCUT2D eigenvalue weighted by atomic mass is 10.1. The predicted molar refractivity (Wildman–Crippen MR) is 96.7 cm³/mol. The van der Waals surface area contributed by atoms with Gasteiger partial charge in [0, 0.05) is 33.3 Å². The maximum Gasteiger partial charge on any atom is 0.191 e. The van der Waals surface area contributed by atoms with Gasteiger partial charge in [0.2, 0.25) is 0 Å². The number of nitrogens with one attached hydrogen (secondary N) is 2. The predicted octanol–water partition coefficient (Wildman–Crippen LogP) is 2.48.